The van der Waals surface area contributed by atoms with Gasteiger partial charge in [-0.2, -0.15) is 18.4 Å². The molecule has 2 atom stereocenters. The number of nitrogens with zero attached hydrogens (tertiary/aromatic N) is 3. The van der Waals surface area contributed by atoms with Gasteiger partial charge < -0.3 is 10.2 Å². The molecular formula is C25H20Cl2F4N4O4S. The van der Waals surface area contributed by atoms with Crippen LogP contribution in [-0.2, 0) is 31.0 Å². The first-order valence-corrected chi connectivity index (χ1v) is 14.4. The fraction of sp³-hybridized carbons (Fsp3) is 0.440. The van der Waals surface area contributed by atoms with E-state index in [1.165, 1.54) is 0 Å². The molecule has 5 rings (SSSR count). The molecule has 212 valence electrons. The lowest BCUT2D eigenvalue weighted by molar-refractivity contribution is -0.140. The minimum absolute atomic E-state index is 0.00159. The molecule has 0 spiro atoms. The van der Waals surface area contributed by atoms with Gasteiger partial charge in [0.15, 0.2) is 9.84 Å². The number of nitrogens with one attached hydrogen (secondary N) is 1. The zero-order valence-electron chi connectivity index (χ0n) is 20.4. The van der Waals surface area contributed by atoms with Crippen LogP contribution in [0.5, 0.6) is 0 Å². The number of rotatable bonds is 6. The summed E-state index contributed by atoms with van der Waals surface area (Å²) in [5, 5.41) is 10.00. The molecule has 1 N–H and O–H groups in total. The van der Waals surface area contributed by atoms with E-state index in [1.807, 2.05) is 6.07 Å². The van der Waals surface area contributed by atoms with Gasteiger partial charge in [0, 0.05) is 12.7 Å². The van der Waals surface area contributed by atoms with Crippen LogP contribution >= 0.6 is 23.2 Å². The maximum Gasteiger partial charge on any atom is 0.416 e. The third kappa shape index (κ3) is 4.90. The molecule has 0 radical (unpaired) electrons. The minimum Gasteiger partial charge on any atom is -0.336 e. The molecule has 3 aliphatic rings. The molecule has 3 fully saturated rings. The standard InChI is InChI=1S/C25H20Cl2F4N4O4S/c26-14-8-17(28)20(33-10-14)24(5-6-24)22(37)35-11-15(9-18(35)21(36)34-23(12-32)3-4-23)40(38,39)19-7-13(25(29,30)31)1-2-16(19)27/h1-2,7-8,10,15,18H,3-6,9,11H2,(H,34,36). The van der Waals surface area contributed by atoms with Crippen molar-refractivity contribution < 1.29 is 35.6 Å². The van der Waals surface area contributed by atoms with E-state index in [-0.39, 0.29) is 23.6 Å². The highest BCUT2D eigenvalue weighted by Gasteiger charge is 2.60. The number of alkyl halides is 3. The van der Waals surface area contributed by atoms with Crippen LogP contribution in [0.2, 0.25) is 10.0 Å². The van der Waals surface area contributed by atoms with Gasteiger partial charge in [-0.25, -0.2) is 12.8 Å². The van der Waals surface area contributed by atoms with Crippen LogP contribution in [0.3, 0.4) is 0 Å². The van der Waals surface area contributed by atoms with Crippen LogP contribution in [0.25, 0.3) is 0 Å². The van der Waals surface area contributed by atoms with Gasteiger partial charge in [0.25, 0.3) is 0 Å². The van der Waals surface area contributed by atoms with E-state index in [4.69, 9.17) is 23.2 Å². The number of amides is 2. The Labute approximate surface area is 236 Å². The Hall–Kier alpha value is -2.95. The van der Waals surface area contributed by atoms with Crippen molar-refractivity contribution in [1.82, 2.24) is 15.2 Å². The highest BCUT2D eigenvalue weighted by Crippen LogP contribution is 2.51. The van der Waals surface area contributed by atoms with Gasteiger partial charge in [0.05, 0.1) is 42.9 Å². The second kappa shape index (κ2) is 9.56. The lowest BCUT2D eigenvalue weighted by Crippen LogP contribution is -2.52. The van der Waals surface area contributed by atoms with Gasteiger partial charge in [-0.3, -0.25) is 14.6 Å². The molecule has 8 nitrogen and oxygen atoms in total. The molecule has 2 unspecified atom stereocenters. The number of aromatic nitrogens is 1. The first-order chi connectivity index (χ1) is 18.6. The zero-order chi connectivity index (χ0) is 29.3. The number of likely N-dealkylation sites (tertiary alicyclic amines) is 1. The third-order valence-corrected chi connectivity index (χ3v) is 10.4. The van der Waals surface area contributed by atoms with Crippen LogP contribution in [0, 0.1) is 17.1 Å². The number of halogens is 6. The Kier molecular flexibility index (Phi) is 6.83. The summed E-state index contributed by atoms with van der Waals surface area (Å²) in [5.74, 6) is -2.39. The fourth-order valence-electron chi connectivity index (χ4n) is 5.00. The Morgan fingerprint density at radius 3 is 2.38 bits per heavy atom. The number of nitriles is 1. The van der Waals surface area contributed by atoms with E-state index >= 15 is 0 Å². The second-order valence-corrected chi connectivity index (χ2v) is 13.3. The summed E-state index contributed by atoms with van der Waals surface area (Å²) >= 11 is 11.8. The van der Waals surface area contributed by atoms with Crippen molar-refractivity contribution in [1.29, 1.82) is 5.26 Å². The zero-order valence-corrected chi connectivity index (χ0v) is 22.8. The number of hydrogen-bond donors (Lipinski definition) is 1. The molecule has 1 saturated heterocycles. The van der Waals surface area contributed by atoms with Crippen LogP contribution in [-0.4, -0.2) is 53.5 Å². The monoisotopic (exact) mass is 618 g/mol. The average Bonchev–Trinajstić information content (AvgIpc) is 3.79. The Balaban J connectivity index is 1.51. The van der Waals surface area contributed by atoms with E-state index < -0.39 is 84.3 Å². The summed E-state index contributed by atoms with van der Waals surface area (Å²) < 4.78 is 82.0. The first kappa shape index (κ1) is 28.6. The largest absolute Gasteiger partial charge is 0.416 e. The maximum atomic E-state index is 14.8. The van der Waals surface area contributed by atoms with Crippen molar-refractivity contribution in [3.8, 4) is 6.07 Å². The summed E-state index contributed by atoms with van der Waals surface area (Å²) in [4.78, 5) is 31.3. The molecule has 2 amide bonds. The number of hydrogen-bond acceptors (Lipinski definition) is 6. The normalized spacial score (nSPS) is 22.9. The van der Waals surface area contributed by atoms with Crippen molar-refractivity contribution in [3.63, 3.8) is 0 Å². The summed E-state index contributed by atoms with van der Waals surface area (Å²) in [6.07, 6.45) is -3.10. The predicted molar refractivity (Wildman–Crippen MR) is 133 cm³/mol. The molecule has 2 heterocycles. The quantitative estimate of drug-likeness (QED) is 0.485. The lowest BCUT2D eigenvalue weighted by Gasteiger charge is -2.28. The Morgan fingerprint density at radius 2 is 1.82 bits per heavy atom. The Bertz CT molecular complexity index is 1570. The van der Waals surface area contributed by atoms with Gasteiger partial charge in [0.1, 0.15) is 17.4 Å². The molecule has 0 bridgehead atoms. The maximum absolute atomic E-state index is 14.8. The van der Waals surface area contributed by atoms with Crippen molar-refractivity contribution in [2.45, 2.75) is 65.4 Å². The summed E-state index contributed by atoms with van der Waals surface area (Å²) in [6, 6.07) is 3.45. The summed E-state index contributed by atoms with van der Waals surface area (Å²) in [5.41, 5.74) is -4.05. The van der Waals surface area contributed by atoms with Gasteiger partial charge in [-0.1, -0.05) is 23.2 Å². The SMILES string of the molecule is N#CC1(NC(=O)C2CC(S(=O)(=O)c3cc(C(F)(F)F)ccc3Cl)CN2C(=O)C2(c3ncc(Cl)cc3F)CC2)CC1. The van der Waals surface area contributed by atoms with Gasteiger partial charge in [0.2, 0.25) is 11.8 Å². The van der Waals surface area contributed by atoms with E-state index in [2.05, 4.69) is 10.3 Å². The molecule has 1 aromatic heterocycles. The van der Waals surface area contributed by atoms with Crippen LogP contribution < -0.4 is 5.32 Å². The Morgan fingerprint density at radius 1 is 1.15 bits per heavy atom. The first-order valence-electron chi connectivity index (χ1n) is 12.1. The van der Waals surface area contributed by atoms with Gasteiger partial charge in [-0.05, 0) is 56.4 Å². The highest BCUT2D eigenvalue weighted by molar-refractivity contribution is 7.92. The average molecular weight is 619 g/mol. The van der Waals surface area contributed by atoms with Crippen molar-refractivity contribution in [2.24, 2.45) is 0 Å². The van der Waals surface area contributed by atoms with Crippen molar-refractivity contribution >= 4 is 44.9 Å². The molecule has 2 aromatic rings. The molecule has 40 heavy (non-hydrogen) atoms. The van der Waals surface area contributed by atoms with E-state index in [0.717, 1.165) is 23.2 Å². The highest BCUT2D eigenvalue weighted by atomic mass is 35.5. The number of sulfone groups is 1. The number of benzene rings is 1. The van der Waals surface area contributed by atoms with E-state index in [1.54, 1.807) is 0 Å². The van der Waals surface area contributed by atoms with Crippen molar-refractivity contribution in [3.05, 3.63) is 57.6 Å². The van der Waals surface area contributed by atoms with Crippen LogP contribution in [0.4, 0.5) is 17.6 Å². The third-order valence-electron chi connectivity index (χ3n) is 7.58. The van der Waals surface area contributed by atoms with E-state index in [9.17, 15) is 40.8 Å². The van der Waals surface area contributed by atoms with Gasteiger partial charge in [-0.15, -0.1) is 0 Å². The van der Waals surface area contributed by atoms with Gasteiger partial charge >= 0.3 is 6.18 Å². The molecule has 1 aromatic carbocycles. The molecule has 2 aliphatic carbocycles. The van der Waals surface area contributed by atoms with Crippen LogP contribution in [0.15, 0.2) is 35.4 Å². The topological polar surface area (TPSA) is 120 Å². The minimum atomic E-state index is -4.85. The van der Waals surface area contributed by atoms with Crippen molar-refractivity contribution in [2.75, 3.05) is 6.54 Å². The number of carbonyl (C=O) groups excluding carboxylic acids is 2. The smallest absolute Gasteiger partial charge is 0.336 e. The number of pyridine rings is 1. The molecule has 15 heteroatoms. The molecular weight excluding hydrogens is 599 g/mol. The van der Waals surface area contributed by atoms with E-state index in [0.29, 0.717) is 25.0 Å². The fourth-order valence-corrected chi connectivity index (χ4v) is 7.37. The summed E-state index contributed by atoms with van der Waals surface area (Å²) in [7, 11) is -4.60. The predicted octanol–water partition coefficient (Wildman–Crippen LogP) is 4.19. The van der Waals surface area contributed by atoms with Crippen LogP contribution in [0.1, 0.15) is 43.4 Å². The number of carbonyl (C=O) groups is 2. The second-order valence-electron chi connectivity index (χ2n) is 10.3. The molecule has 1 aliphatic heterocycles. The molecule has 2 saturated carbocycles. The lowest BCUT2D eigenvalue weighted by atomic mass is 9.98. The summed E-state index contributed by atoms with van der Waals surface area (Å²) in [6.45, 7) is -0.567.